The van der Waals surface area contributed by atoms with Gasteiger partial charge in [-0.2, -0.15) is 0 Å². The maximum absolute atomic E-state index is 12.0. The normalized spacial score (nSPS) is 18.3. The van der Waals surface area contributed by atoms with Gasteiger partial charge in [-0.15, -0.1) is 11.3 Å². The van der Waals surface area contributed by atoms with Crippen molar-refractivity contribution >= 4 is 17.4 Å². The fraction of sp³-hybridized carbons (Fsp3) is 0.688. The molecule has 124 valence electrons. The summed E-state index contributed by atoms with van der Waals surface area (Å²) in [6.45, 7) is 9.52. The summed E-state index contributed by atoms with van der Waals surface area (Å²) in [5, 5.41) is 12.1. The highest BCUT2D eigenvalue weighted by molar-refractivity contribution is 7.10. The van der Waals surface area contributed by atoms with Gasteiger partial charge < -0.3 is 14.7 Å². The van der Waals surface area contributed by atoms with Crippen molar-refractivity contribution in [2.24, 2.45) is 0 Å². The van der Waals surface area contributed by atoms with Gasteiger partial charge in [-0.1, -0.05) is 6.07 Å². The van der Waals surface area contributed by atoms with E-state index in [4.69, 9.17) is 4.74 Å². The third-order valence-electron chi connectivity index (χ3n) is 3.61. The van der Waals surface area contributed by atoms with Gasteiger partial charge in [-0.3, -0.25) is 4.90 Å². The van der Waals surface area contributed by atoms with Crippen LogP contribution in [0.1, 0.15) is 38.2 Å². The van der Waals surface area contributed by atoms with Crippen LogP contribution in [0, 0.1) is 0 Å². The van der Waals surface area contributed by atoms with Crippen LogP contribution >= 0.6 is 11.3 Å². The molecule has 0 saturated carbocycles. The molecule has 1 aromatic heterocycles. The Balaban J connectivity index is 1.70. The quantitative estimate of drug-likeness (QED) is 0.924. The maximum atomic E-state index is 12.0. The van der Waals surface area contributed by atoms with Crippen molar-refractivity contribution in [1.29, 1.82) is 0 Å². The van der Waals surface area contributed by atoms with Crippen molar-refractivity contribution in [2.45, 2.75) is 38.9 Å². The van der Waals surface area contributed by atoms with Gasteiger partial charge >= 0.3 is 6.09 Å². The summed E-state index contributed by atoms with van der Waals surface area (Å²) in [4.78, 5) is 17.1. The summed E-state index contributed by atoms with van der Waals surface area (Å²) in [6.07, 6.45) is 0.113. The molecule has 0 radical (unpaired) electrons. The monoisotopic (exact) mass is 326 g/mol. The Kier molecular flexibility index (Phi) is 5.83. The van der Waals surface area contributed by atoms with Gasteiger partial charge in [0.2, 0.25) is 0 Å². The van der Waals surface area contributed by atoms with Crippen LogP contribution in [0.25, 0.3) is 0 Å². The van der Waals surface area contributed by atoms with Crippen molar-refractivity contribution in [2.75, 3.05) is 32.7 Å². The van der Waals surface area contributed by atoms with Gasteiger partial charge in [0.25, 0.3) is 0 Å². The third kappa shape index (κ3) is 5.26. The molecular formula is C16H26N2O3S. The first-order valence-electron chi connectivity index (χ1n) is 7.77. The van der Waals surface area contributed by atoms with E-state index in [1.54, 1.807) is 16.2 Å². The van der Waals surface area contributed by atoms with Crippen LogP contribution in [-0.4, -0.2) is 59.3 Å². The number of aliphatic hydroxyl groups is 1. The number of rotatable bonds is 4. The van der Waals surface area contributed by atoms with Crippen LogP contribution in [0.2, 0.25) is 0 Å². The molecule has 0 spiro atoms. The Hall–Kier alpha value is -1.11. The minimum Gasteiger partial charge on any atom is -0.444 e. The molecule has 5 nitrogen and oxygen atoms in total. The Morgan fingerprint density at radius 2 is 2.05 bits per heavy atom. The molecule has 2 rings (SSSR count). The first-order chi connectivity index (χ1) is 10.3. The van der Waals surface area contributed by atoms with Gasteiger partial charge in [0.05, 0.1) is 6.10 Å². The SMILES string of the molecule is CC(C)(C)OC(=O)N1CCN(CCC(O)c2cccs2)CC1. The summed E-state index contributed by atoms with van der Waals surface area (Å²) >= 11 is 1.59. The molecule has 1 unspecified atom stereocenters. The zero-order chi connectivity index (χ0) is 16.2. The number of amides is 1. The lowest BCUT2D eigenvalue weighted by molar-refractivity contribution is 0.0133. The molecule has 1 aromatic rings. The van der Waals surface area contributed by atoms with E-state index < -0.39 is 5.60 Å². The second-order valence-corrected chi connectivity index (χ2v) is 7.61. The summed E-state index contributed by atoms with van der Waals surface area (Å²) in [5.41, 5.74) is -0.445. The highest BCUT2D eigenvalue weighted by atomic mass is 32.1. The minimum absolute atomic E-state index is 0.231. The van der Waals surface area contributed by atoms with Gasteiger partial charge in [-0.05, 0) is 38.6 Å². The number of nitrogens with zero attached hydrogens (tertiary/aromatic N) is 2. The zero-order valence-corrected chi connectivity index (χ0v) is 14.4. The van der Waals surface area contributed by atoms with E-state index in [2.05, 4.69) is 4.90 Å². The molecule has 1 fully saturated rings. The molecule has 0 aliphatic carbocycles. The van der Waals surface area contributed by atoms with Crippen molar-refractivity contribution in [3.05, 3.63) is 22.4 Å². The Morgan fingerprint density at radius 1 is 1.36 bits per heavy atom. The lowest BCUT2D eigenvalue weighted by Gasteiger charge is -2.35. The second kappa shape index (κ2) is 7.44. The van der Waals surface area contributed by atoms with Crippen molar-refractivity contribution in [3.63, 3.8) is 0 Å². The van der Waals surface area contributed by atoms with E-state index in [0.29, 0.717) is 13.1 Å². The van der Waals surface area contributed by atoms with Crippen molar-refractivity contribution < 1.29 is 14.6 Å². The summed E-state index contributed by atoms with van der Waals surface area (Å²) in [5.74, 6) is 0. The lowest BCUT2D eigenvalue weighted by Crippen LogP contribution is -2.50. The number of piperazine rings is 1. The van der Waals surface area contributed by atoms with Gasteiger partial charge in [0.1, 0.15) is 5.60 Å². The van der Waals surface area contributed by atoms with E-state index in [0.717, 1.165) is 30.9 Å². The first-order valence-corrected chi connectivity index (χ1v) is 8.65. The number of ether oxygens (including phenoxy) is 1. The molecule has 1 aliphatic rings. The zero-order valence-electron chi connectivity index (χ0n) is 13.6. The summed E-state index contributed by atoms with van der Waals surface area (Å²) in [7, 11) is 0. The average Bonchev–Trinajstić information content (AvgIpc) is 2.97. The van der Waals surface area contributed by atoms with E-state index in [1.807, 2.05) is 38.3 Å². The minimum atomic E-state index is -0.445. The topological polar surface area (TPSA) is 53.0 Å². The summed E-state index contributed by atoms with van der Waals surface area (Å²) < 4.78 is 5.39. The molecule has 6 heteroatoms. The lowest BCUT2D eigenvalue weighted by atomic mass is 10.2. The number of carbonyl (C=O) groups is 1. The number of hydrogen-bond donors (Lipinski definition) is 1. The van der Waals surface area contributed by atoms with E-state index in [1.165, 1.54) is 0 Å². The van der Waals surface area contributed by atoms with E-state index in [-0.39, 0.29) is 12.2 Å². The molecule has 1 amide bonds. The molecule has 1 atom stereocenters. The highest BCUT2D eigenvalue weighted by Crippen LogP contribution is 2.22. The molecule has 1 aliphatic heterocycles. The molecular weight excluding hydrogens is 300 g/mol. The number of thiophene rings is 1. The van der Waals surface area contributed by atoms with Crippen LogP contribution in [0.5, 0.6) is 0 Å². The third-order valence-corrected chi connectivity index (χ3v) is 4.59. The largest absolute Gasteiger partial charge is 0.444 e. The second-order valence-electron chi connectivity index (χ2n) is 6.63. The Morgan fingerprint density at radius 3 is 2.59 bits per heavy atom. The molecule has 2 heterocycles. The van der Waals surface area contributed by atoms with Gasteiger partial charge in [0, 0.05) is 37.6 Å². The van der Waals surface area contributed by atoms with Crippen LogP contribution in [0.3, 0.4) is 0 Å². The van der Waals surface area contributed by atoms with Gasteiger partial charge in [0.15, 0.2) is 0 Å². The van der Waals surface area contributed by atoms with E-state index >= 15 is 0 Å². The van der Waals surface area contributed by atoms with Crippen LogP contribution in [0.15, 0.2) is 17.5 Å². The molecule has 1 saturated heterocycles. The predicted octanol–water partition coefficient (Wildman–Crippen LogP) is 2.72. The van der Waals surface area contributed by atoms with Crippen molar-refractivity contribution in [3.8, 4) is 0 Å². The summed E-state index contributed by atoms with van der Waals surface area (Å²) in [6, 6.07) is 3.93. The average molecular weight is 326 g/mol. The fourth-order valence-corrected chi connectivity index (χ4v) is 3.15. The number of aliphatic hydroxyl groups excluding tert-OH is 1. The standard InChI is InChI=1S/C16H26N2O3S/c1-16(2,3)21-15(20)18-10-8-17(9-11-18)7-6-13(19)14-5-4-12-22-14/h4-5,12-13,19H,6-11H2,1-3H3. The smallest absolute Gasteiger partial charge is 0.410 e. The predicted molar refractivity (Wildman–Crippen MR) is 88.1 cm³/mol. The van der Waals surface area contributed by atoms with Gasteiger partial charge in [-0.25, -0.2) is 4.79 Å². The van der Waals surface area contributed by atoms with Crippen molar-refractivity contribution in [1.82, 2.24) is 9.80 Å². The molecule has 0 bridgehead atoms. The number of hydrogen-bond acceptors (Lipinski definition) is 5. The Labute approximate surface area is 136 Å². The first kappa shape index (κ1) is 17.2. The molecule has 0 aromatic carbocycles. The Bertz CT molecular complexity index is 462. The maximum Gasteiger partial charge on any atom is 0.410 e. The highest BCUT2D eigenvalue weighted by Gasteiger charge is 2.25. The van der Waals surface area contributed by atoms with E-state index in [9.17, 15) is 9.90 Å². The fourth-order valence-electron chi connectivity index (χ4n) is 2.41. The molecule has 22 heavy (non-hydrogen) atoms. The van der Waals surface area contributed by atoms with Crippen LogP contribution in [0.4, 0.5) is 4.79 Å². The molecule has 1 N–H and O–H groups in total. The number of carbonyl (C=O) groups excluding carboxylic acids is 1. The van der Waals surface area contributed by atoms with Crippen LogP contribution in [-0.2, 0) is 4.74 Å². The van der Waals surface area contributed by atoms with Crippen LogP contribution < -0.4 is 0 Å².